The maximum atomic E-state index is 12.2. The Hall–Kier alpha value is -0.430. The van der Waals surface area contributed by atoms with Gasteiger partial charge in [-0.3, -0.25) is 9.69 Å². The fourth-order valence-corrected chi connectivity index (χ4v) is 4.40. The second-order valence-electron chi connectivity index (χ2n) is 5.83. The SMILES string of the molecule is O=C(CN1CC2CCCNC2C1)Nc1ccc(Br)cc1Br. The lowest BCUT2D eigenvalue weighted by Crippen LogP contribution is -2.41. The van der Waals surface area contributed by atoms with Crippen molar-refractivity contribution in [3.05, 3.63) is 27.1 Å². The first-order chi connectivity index (χ1) is 10.1. The zero-order valence-corrected chi connectivity index (χ0v) is 14.9. The van der Waals surface area contributed by atoms with Crippen molar-refractivity contribution < 1.29 is 4.79 Å². The van der Waals surface area contributed by atoms with E-state index in [2.05, 4.69) is 47.4 Å². The number of piperidine rings is 1. The molecular weight excluding hydrogens is 398 g/mol. The zero-order valence-electron chi connectivity index (χ0n) is 11.7. The molecule has 2 aliphatic heterocycles. The Morgan fingerprint density at radius 3 is 3.00 bits per heavy atom. The van der Waals surface area contributed by atoms with Crippen LogP contribution in [0, 0.1) is 5.92 Å². The van der Waals surface area contributed by atoms with Crippen LogP contribution in [0.1, 0.15) is 12.8 Å². The number of halogens is 2. The first kappa shape index (κ1) is 15.5. The van der Waals surface area contributed by atoms with E-state index >= 15 is 0 Å². The zero-order chi connectivity index (χ0) is 14.8. The number of benzene rings is 1. The van der Waals surface area contributed by atoms with Crippen LogP contribution in [0.4, 0.5) is 5.69 Å². The molecule has 1 aromatic rings. The van der Waals surface area contributed by atoms with E-state index in [1.807, 2.05) is 18.2 Å². The van der Waals surface area contributed by atoms with Gasteiger partial charge in [-0.2, -0.15) is 0 Å². The van der Waals surface area contributed by atoms with Gasteiger partial charge in [-0.15, -0.1) is 0 Å². The normalized spacial score (nSPS) is 25.6. The van der Waals surface area contributed by atoms with Crippen LogP contribution in [0.3, 0.4) is 0 Å². The van der Waals surface area contributed by atoms with Gasteiger partial charge in [-0.1, -0.05) is 15.9 Å². The van der Waals surface area contributed by atoms with Crippen LogP contribution in [-0.2, 0) is 4.79 Å². The third-order valence-electron chi connectivity index (χ3n) is 4.25. The summed E-state index contributed by atoms with van der Waals surface area (Å²) in [6.07, 6.45) is 2.54. The Balaban J connectivity index is 1.55. The van der Waals surface area contributed by atoms with Crippen molar-refractivity contribution in [2.45, 2.75) is 18.9 Å². The Morgan fingerprint density at radius 2 is 2.24 bits per heavy atom. The molecule has 21 heavy (non-hydrogen) atoms. The third kappa shape index (κ3) is 3.86. The predicted octanol–water partition coefficient (Wildman–Crippen LogP) is 2.83. The van der Waals surface area contributed by atoms with Crippen molar-refractivity contribution in [2.24, 2.45) is 5.92 Å². The smallest absolute Gasteiger partial charge is 0.238 e. The van der Waals surface area contributed by atoms with E-state index in [1.54, 1.807) is 0 Å². The third-order valence-corrected chi connectivity index (χ3v) is 5.40. The number of anilines is 1. The molecule has 2 fully saturated rings. The van der Waals surface area contributed by atoms with E-state index < -0.39 is 0 Å². The number of carbonyl (C=O) groups excluding carboxylic acids is 1. The number of fused-ring (bicyclic) bond motifs is 1. The fourth-order valence-electron chi connectivity index (χ4n) is 3.25. The van der Waals surface area contributed by atoms with E-state index in [0.29, 0.717) is 18.5 Å². The molecule has 0 radical (unpaired) electrons. The van der Waals surface area contributed by atoms with Crippen LogP contribution in [0.25, 0.3) is 0 Å². The van der Waals surface area contributed by atoms with E-state index in [9.17, 15) is 4.79 Å². The predicted molar refractivity (Wildman–Crippen MR) is 91.4 cm³/mol. The number of hydrogen-bond acceptors (Lipinski definition) is 3. The molecule has 2 aliphatic rings. The molecule has 2 N–H and O–H groups in total. The standard InChI is InChI=1S/C15H19Br2N3O/c16-11-3-4-13(12(17)6-11)19-15(21)9-20-7-10-2-1-5-18-14(10)8-20/h3-4,6,10,14,18H,1-2,5,7-9H2,(H,19,21). The lowest BCUT2D eigenvalue weighted by atomic mass is 9.94. The highest BCUT2D eigenvalue weighted by atomic mass is 79.9. The lowest BCUT2D eigenvalue weighted by molar-refractivity contribution is -0.117. The monoisotopic (exact) mass is 415 g/mol. The molecule has 6 heteroatoms. The van der Waals surface area contributed by atoms with Crippen molar-refractivity contribution in [1.82, 2.24) is 10.2 Å². The van der Waals surface area contributed by atoms with E-state index in [-0.39, 0.29) is 5.91 Å². The van der Waals surface area contributed by atoms with Gasteiger partial charge in [0.1, 0.15) is 0 Å². The van der Waals surface area contributed by atoms with Crippen LogP contribution >= 0.6 is 31.9 Å². The molecular formula is C15H19Br2N3O. The Morgan fingerprint density at radius 1 is 1.38 bits per heavy atom. The molecule has 2 atom stereocenters. The molecule has 2 saturated heterocycles. The molecule has 0 saturated carbocycles. The van der Waals surface area contributed by atoms with Crippen molar-refractivity contribution >= 4 is 43.5 Å². The first-order valence-electron chi connectivity index (χ1n) is 7.32. The second-order valence-corrected chi connectivity index (χ2v) is 7.60. The second kappa shape index (κ2) is 6.77. The van der Waals surface area contributed by atoms with Crippen LogP contribution in [0.5, 0.6) is 0 Å². The maximum Gasteiger partial charge on any atom is 0.238 e. The van der Waals surface area contributed by atoms with Crippen molar-refractivity contribution in [2.75, 3.05) is 31.5 Å². The quantitative estimate of drug-likeness (QED) is 0.796. The number of likely N-dealkylation sites (tertiary alicyclic amines) is 1. The van der Waals surface area contributed by atoms with E-state index in [4.69, 9.17) is 0 Å². The van der Waals surface area contributed by atoms with E-state index in [1.165, 1.54) is 12.8 Å². The number of amides is 1. The van der Waals surface area contributed by atoms with Crippen LogP contribution in [0.2, 0.25) is 0 Å². The lowest BCUT2D eigenvalue weighted by Gasteiger charge is -2.24. The summed E-state index contributed by atoms with van der Waals surface area (Å²) in [5.74, 6) is 0.766. The summed E-state index contributed by atoms with van der Waals surface area (Å²) in [4.78, 5) is 14.5. The maximum absolute atomic E-state index is 12.2. The average Bonchev–Trinajstić information content (AvgIpc) is 2.84. The fraction of sp³-hybridized carbons (Fsp3) is 0.533. The Labute approximate surface area is 141 Å². The minimum atomic E-state index is 0.0525. The topological polar surface area (TPSA) is 44.4 Å². The summed E-state index contributed by atoms with van der Waals surface area (Å²) in [7, 11) is 0. The highest BCUT2D eigenvalue weighted by Gasteiger charge is 2.34. The Kier molecular flexibility index (Phi) is 4.99. The molecule has 114 valence electrons. The van der Waals surface area contributed by atoms with Gasteiger partial charge in [0.05, 0.1) is 12.2 Å². The minimum Gasteiger partial charge on any atom is -0.324 e. The molecule has 2 heterocycles. The number of nitrogens with one attached hydrogen (secondary N) is 2. The number of nitrogens with zero attached hydrogens (tertiary/aromatic N) is 1. The van der Waals surface area contributed by atoms with Crippen molar-refractivity contribution in [3.63, 3.8) is 0 Å². The number of hydrogen-bond donors (Lipinski definition) is 2. The van der Waals surface area contributed by atoms with Gasteiger partial charge >= 0.3 is 0 Å². The summed E-state index contributed by atoms with van der Waals surface area (Å²) < 4.78 is 1.88. The molecule has 0 aliphatic carbocycles. The van der Waals surface area contributed by atoms with Gasteiger partial charge in [-0.05, 0) is 59.4 Å². The minimum absolute atomic E-state index is 0.0525. The number of carbonyl (C=O) groups is 1. The van der Waals surface area contributed by atoms with Gasteiger partial charge in [0.25, 0.3) is 0 Å². The van der Waals surface area contributed by atoms with Crippen LogP contribution in [0.15, 0.2) is 27.1 Å². The molecule has 3 rings (SSSR count). The molecule has 4 nitrogen and oxygen atoms in total. The Bertz CT molecular complexity index is 524. The summed E-state index contributed by atoms with van der Waals surface area (Å²) in [5, 5.41) is 6.54. The van der Waals surface area contributed by atoms with Crippen LogP contribution in [-0.4, -0.2) is 43.0 Å². The van der Waals surface area contributed by atoms with E-state index in [0.717, 1.165) is 34.3 Å². The highest BCUT2D eigenvalue weighted by Crippen LogP contribution is 2.27. The van der Waals surface area contributed by atoms with Gasteiger partial charge in [0.15, 0.2) is 0 Å². The summed E-state index contributed by atoms with van der Waals surface area (Å²) >= 11 is 6.88. The summed E-state index contributed by atoms with van der Waals surface area (Å²) in [5.41, 5.74) is 0.818. The molecule has 1 aromatic carbocycles. The molecule has 0 spiro atoms. The summed E-state index contributed by atoms with van der Waals surface area (Å²) in [6.45, 7) is 3.61. The molecule has 1 amide bonds. The van der Waals surface area contributed by atoms with Gasteiger partial charge < -0.3 is 10.6 Å². The highest BCUT2D eigenvalue weighted by molar-refractivity contribution is 9.11. The van der Waals surface area contributed by atoms with Gasteiger partial charge in [0.2, 0.25) is 5.91 Å². The van der Waals surface area contributed by atoms with Gasteiger partial charge in [0, 0.05) is 28.1 Å². The molecule has 0 aromatic heterocycles. The largest absolute Gasteiger partial charge is 0.324 e. The van der Waals surface area contributed by atoms with Gasteiger partial charge in [-0.25, -0.2) is 0 Å². The van der Waals surface area contributed by atoms with Crippen molar-refractivity contribution in [3.8, 4) is 0 Å². The summed E-state index contributed by atoms with van der Waals surface area (Å²) in [6, 6.07) is 6.33. The average molecular weight is 417 g/mol. The number of rotatable bonds is 3. The van der Waals surface area contributed by atoms with Crippen LogP contribution < -0.4 is 10.6 Å². The molecule has 2 unspecified atom stereocenters. The first-order valence-corrected chi connectivity index (χ1v) is 8.91. The molecule has 0 bridgehead atoms. The van der Waals surface area contributed by atoms with Crippen molar-refractivity contribution in [1.29, 1.82) is 0 Å².